The van der Waals surface area contributed by atoms with Gasteiger partial charge in [0.25, 0.3) is 0 Å². The van der Waals surface area contributed by atoms with Crippen LogP contribution in [0.4, 0.5) is 5.69 Å². The van der Waals surface area contributed by atoms with Crippen LogP contribution in [0.3, 0.4) is 0 Å². The largest absolute Gasteiger partial charge is 0.367 e. The molecule has 3 aromatic rings. The number of pyridine rings is 1. The van der Waals surface area contributed by atoms with Crippen LogP contribution in [-0.2, 0) is 15.8 Å². The molecular formula is C20H21N5O3S. The maximum atomic E-state index is 12.7. The summed E-state index contributed by atoms with van der Waals surface area (Å²) < 4.78 is 31.6. The Morgan fingerprint density at radius 3 is 2.62 bits per heavy atom. The number of nitrogens with zero attached hydrogens (tertiary/aromatic N) is 5. The molecule has 1 fully saturated rings. The van der Waals surface area contributed by atoms with E-state index in [2.05, 4.69) is 27.2 Å². The fraction of sp³-hybridized carbons (Fsp3) is 0.350. The Balaban J connectivity index is 1.62. The monoisotopic (exact) mass is 411 g/mol. The number of aryl methyl sites for hydroxylation is 2. The minimum Gasteiger partial charge on any atom is -0.367 e. The Bertz CT molecular complexity index is 1190. The molecule has 150 valence electrons. The van der Waals surface area contributed by atoms with Gasteiger partial charge in [-0.3, -0.25) is 4.98 Å². The maximum Gasteiger partial charge on any atom is 0.220 e. The van der Waals surface area contributed by atoms with E-state index in [0.29, 0.717) is 37.4 Å². The molecule has 0 radical (unpaired) electrons. The molecule has 29 heavy (non-hydrogen) atoms. The van der Waals surface area contributed by atoms with Crippen molar-refractivity contribution in [2.75, 3.05) is 31.1 Å². The number of rotatable bonds is 4. The van der Waals surface area contributed by atoms with Crippen LogP contribution in [0.2, 0.25) is 0 Å². The first-order valence-electron chi connectivity index (χ1n) is 9.31. The lowest BCUT2D eigenvalue weighted by molar-refractivity contribution is 0.382. The van der Waals surface area contributed by atoms with Gasteiger partial charge in [-0.25, -0.2) is 8.42 Å². The van der Waals surface area contributed by atoms with E-state index in [1.54, 1.807) is 12.3 Å². The quantitative estimate of drug-likeness (QED) is 0.649. The van der Waals surface area contributed by atoms with Gasteiger partial charge in [0, 0.05) is 43.8 Å². The third-order valence-electron chi connectivity index (χ3n) is 5.17. The second kappa shape index (κ2) is 7.46. The Labute approximate surface area is 169 Å². The summed E-state index contributed by atoms with van der Waals surface area (Å²) in [5.74, 6) is -0.177. The first kappa shape index (κ1) is 19.4. The molecule has 1 aliphatic heterocycles. The first-order chi connectivity index (χ1) is 13.9. The topological polar surface area (TPSA) is 103 Å². The SMILES string of the molecule is Cc1cc(C)c2ncc(C#N)c(N3CCN(S(=O)(=O)Cc4ccon4)CC3)c2c1. The number of fused-ring (bicyclic) bond motifs is 1. The number of sulfonamides is 1. The molecule has 0 atom stereocenters. The van der Waals surface area contributed by atoms with Crippen LogP contribution in [0.1, 0.15) is 22.4 Å². The number of nitriles is 1. The van der Waals surface area contributed by atoms with Gasteiger partial charge in [0.15, 0.2) is 0 Å². The molecular weight excluding hydrogens is 390 g/mol. The van der Waals surface area contributed by atoms with Crippen molar-refractivity contribution in [1.82, 2.24) is 14.4 Å². The summed E-state index contributed by atoms with van der Waals surface area (Å²) in [4.78, 5) is 6.56. The lowest BCUT2D eigenvalue weighted by atomic mass is 10.0. The highest BCUT2D eigenvalue weighted by molar-refractivity contribution is 7.88. The van der Waals surface area contributed by atoms with E-state index < -0.39 is 10.0 Å². The lowest BCUT2D eigenvalue weighted by Gasteiger charge is -2.36. The van der Waals surface area contributed by atoms with Gasteiger partial charge in [0.2, 0.25) is 10.0 Å². The average molecular weight is 411 g/mol. The van der Waals surface area contributed by atoms with Gasteiger partial charge in [0.05, 0.1) is 22.5 Å². The molecule has 4 rings (SSSR count). The van der Waals surface area contributed by atoms with E-state index in [9.17, 15) is 13.7 Å². The highest BCUT2D eigenvalue weighted by Gasteiger charge is 2.29. The van der Waals surface area contributed by atoms with Gasteiger partial charge >= 0.3 is 0 Å². The van der Waals surface area contributed by atoms with Crippen molar-refractivity contribution < 1.29 is 12.9 Å². The zero-order valence-corrected chi connectivity index (χ0v) is 17.1. The number of piperazine rings is 1. The normalized spacial score (nSPS) is 15.6. The number of hydrogen-bond acceptors (Lipinski definition) is 7. The molecule has 0 N–H and O–H groups in total. The molecule has 1 aliphatic rings. The third-order valence-corrected chi connectivity index (χ3v) is 6.98. The number of anilines is 1. The maximum absolute atomic E-state index is 12.7. The van der Waals surface area contributed by atoms with E-state index in [1.807, 2.05) is 19.9 Å². The zero-order valence-electron chi connectivity index (χ0n) is 16.3. The van der Waals surface area contributed by atoms with Crippen molar-refractivity contribution in [2.45, 2.75) is 19.6 Å². The van der Waals surface area contributed by atoms with Crippen LogP contribution >= 0.6 is 0 Å². The van der Waals surface area contributed by atoms with Crippen LogP contribution in [-0.4, -0.2) is 49.0 Å². The number of aromatic nitrogens is 2. The molecule has 0 amide bonds. The molecule has 2 aromatic heterocycles. The molecule has 0 unspecified atom stereocenters. The van der Waals surface area contributed by atoms with Crippen molar-refractivity contribution in [3.8, 4) is 6.07 Å². The van der Waals surface area contributed by atoms with Crippen molar-refractivity contribution >= 4 is 26.6 Å². The molecule has 1 saturated heterocycles. The second-order valence-electron chi connectivity index (χ2n) is 7.24. The van der Waals surface area contributed by atoms with Crippen molar-refractivity contribution in [1.29, 1.82) is 5.26 Å². The predicted octanol–water partition coefficient (Wildman–Crippen LogP) is 2.36. The summed E-state index contributed by atoms with van der Waals surface area (Å²) in [6.45, 7) is 5.72. The third kappa shape index (κ3) is 3.69. The van der Waals surface area contributed by atoms with Gasteiger partial charge in [-0.1, -0.05) is 16.8 Å². The molecule has 9 heteroatoms. The van der Waals surface area contributed by atoms with Crippen LogP contribution in [0.15, 0.2) is 35.2 Å². The van der Waals surface area contributed by atoms with Crippen molar-refractivity contribution in [2.24, 2.45) is 0 Å². The Hall–Kier alpha value is -2.96. The highest BCUT2D eigenvalue weighted by atomic mass is 32.2. The number of hydrogen-bond donors (Lipinski definition) is 0. The molecule has 0 bridgehead atoms. The molecule has 0 spiro atoms. The van der Waals surface area contributed by atoms with E-state index in [4.69, 9.17) is 4.52 Å². The van der Waals surface area contributed by atoms with E-state index in [1.165, 1.54) is 10.6 Å². The first-order valence-corrected chi connectivity index (χ1v) is 10.9. The Kier molecular flexibility index (Phi) is 4.98. The van der Waals surface area contributed by atoms with Gasteiger partial charge in [-0.05, 0) is 25.5 Å². The second-order valence-corrected chi connectivity index (χ2v) is 9.21. The van der Waals surface area contributed by atoms with Crippen molar-refractivity contribution in [3.05, 3.63) is 53.0 Å². The lowest BCUT2D eigenvalue weighted by Crippen LogP contribution is -2.49. The average Bonchev–Trinajstić information content (AvgIpc) is 3.19. The standard InChI is InChI=1S/C20H21N5O3S/c1-14-9-15(2)19-18(10-14)20(16(11-21)12-22-19)24-4-6-25(7-5-24)29(26,27)13-17-3-8-28-23-17/h3,8-10,12H,4-7,13H2,1-2H3. The molecule has 0 saturated carbocycles. The summed E-state index contributed by atoms with van der Waals surface area (Å²) in [6, 6.07) is 7.91. The van der Waals surface area contributed by atoms with E-state index >= 15 is 0 Å². The smallest absolute Gasteiger partial charge is 0.220 e. The number of benzene rings is 1. The van der Waals surface area contributed by atoms with Gasteiger partial charge < -0.3 is 9.42 Å². The minimum atomic E-state index is -3.48. The fourth-order valence-corrected chi connectivity index (χ4v) is 5.27. The molecule has 8 nitrogen and oxygen atoms in total. The van der Waals surface area contributed by atoms with Crippen molar-refractivity contribution in [3.63, 3.8) is 0 Å². The summed E-state index contributed by atoms with van der Waals surface area (Å²) in [5.41, 5.74) is 4.75. The van der Waals surface area contributed by atoms with Crippen LogP contribution in [0.5, 0.6) is 0 Å². The zero-order chi connectivity index (χ0) is 20.6. The highest BCUT2D eigenvalue weighted by Crippen LogP contribution is 2.32. The summed E-state index contributed by atoms with van der Waals surface area (Å²) in [5, 5.41) is 14.3. The summed E-state index contributed by atoms with van der Waals surface area (Å²) >= 11 is 0. The predicted molar refractivity (Wildman–Crippen MR) is 109 cm³/mol. The van der Waals surface area contributed by atoms with Gasteiger partial charge in [0.1, 0.15) is 18.1 Å². The molecule has 0 aliphatic carbocycles. The molecule has 3 heterocycles. The van der Waals surface area contributed by atoms with Crippen LogP contribution < -0.4 is 4.90 Å². The van der Waals surface area contributed by atoms with Crippen LogP contribution in [0.25, 0.3) is 10.9 Å². The fourth-order valence-electron chi connectivity index (χ4n) is 3.85. The van der Waals surface area contributed by atoms with Gasteiger partial charge in [-0.15, -0.1) is 0 Å². The van der Waals surface area contributed by atoms with Gasteiger partial charge in [-0.2, -0.15) is 9.57 Å². The Morgan fingerprint density at radius 2 is 1.97 bits per heavy atom. The van der Waals surface area contributed by atoms with E-state index in [0.717, 1.165) is 27.7 Å². The molecule has 1 aromatic carbocycles. The Morgan fingerprint density at radius 1 is 1.21 bits per heavy atom. The minimum absolute atomic E-state index is 0.177. The summed E-state index contributed by atoms with van der Waals surface area (Å²) in [6.07, 6.45) is 2.97. The van der Waals surface area contributed by atoms with E-state index in [-0.39, 0.29) is 5.75 Å². The van der Waals surface area contributed by atoms with Crippen LogP contribution in [0, 0.1) is 25.2 Å². The summed E-state index contributed by atoms with van der Waals surface area (Å²) in [7, 11) is -3.48.